The van der Waals surface area contributed by atoms with Crippen molar-refractivity contribution in [3.05, 3.63) is 22.9 Å². The number of amides is 1. The van der Waals surface area contributed by atoms with Gasteiger partial charge in [0.15, 0.2) is 0 Å². The van der Waals surface area contributed by atoms with Gasteiger partial charge >= 0.3 is 12.1 Å². The molecular formula is C16H19F3N6O2S. The lowest BCUT2D eigenvalue weighted by Gasteiger charge is -2.13. The van der Waals surface area contributed by atoms with Gasteiger partial charge in [0, 0.05) is 18.5 Å². The SMILES string of the molecule is C=N/C(=N\N(C)Cc1ccc(-c2noc(C(F)(F)F)n2)s1)C(=O)NCC(C)C. The lowest BCUT2D eigenvalue weighted by Crippen LogP contribution is -2.34. The van der Waals surface area contributed by atoms with E-state index in [1.807, 2.05) is 13.8 Å². The van der Waals surface area contributed by atoms with Gasteiger partial charge in [0.25, 0.3) is 5.91 Å². The summed E-state index contributed by atoms with van der Waals surface area (Å²) < 4.78 is 41.9. The number of carbonyl (C=O) groups excluding carboxylic acids is 1. The van der Waals surface area contributed by atoms with Gasteiger partial charge in [-0.05, 0) is 24.8 Å². The number of rotatable bonds is 6. The molecule has 0 saturated carbocycles. The maximum absolute atomic E-state index is 12.6. The van der Waals surface area contributed by atoms with Gasteiger partial charge in [0.1, 0.15) is 0 Å². The van der Waals surface area contributed by atoms with Crippen molar-refractivity contribution in [1.29, 1.82) is 0 Å². The van der Waals surface area contributed by atoms with Crippen molar-refractivity contribution in [2.75, 3.05) is 13.6 Å². The van der Waals surface area contributed by atoms with Gasteiger partial charge in [-0.2, -0.15) is 23.3 Å². The zero-order valence-corrected chi connectivity index (χ0v) is 16.3. The summed E-state index contributed by atoms with van der Waals surface area (Å²) in [5, 5.41) is 11.6. The van der Waals surface area contributed by atoms with Crippen LogP contribution in [0.1, 0.15) is 24.6 Å². The van der Waals surface area contributed by atoms with Crippen LogP contribution in [0.4, 0.5) is 13.2 Å². The van der Waals surface area contributed by atoms with Crippen LogP contribution < -0.4 is 5.32 Å². The molecule has 0 atom stereocenters. The smallest absolute Gasteiger partial charge is 0.349 e. The lowest BCUT2D eigenvalue weighted by molar-refractivity contribution is -0.159. The topological polar surface area (TPSA) is 96.0 Å². The highest BCUT2D eigenvalue weighted by Crippen LogP contribution is 2.31. The second-order valence-corrected chi connectivity index (χ2v) is 7.36. The molecule has 2 aromatic rings. The minimum absolute atomic E-state index is 0.0760. The third-order valence-corrected chi connectivity index (χ3v) is 4.29. The van der Waals surface area contributed by atoms with Gasteiger partial charge in [0.05, 0.1) is 11.4 Å². The monoisotopic (exact) mass is 416 g/mol. The van der Waals surface area contributed by atoms with E-state index in [0.29, 0.717) is 18.0 Å². The Balaban J connectivity index is 2.04. The molecule has 0 aliphatic heterocycles. The molecular weight excluding hydrogens is 397 g/mol. The predicted octanol–water partition coefficient (Wildman–Crippen LogP) is 3.04. The van der Waals surface area contributed by atoms with Crippen molar-refractivity contribution in [3.63, 3.8) is 0 Å². The molecule has 0 unspecified atom stereocenters. The fourth-order valence-electron chi connectivity index (χ4n) is 1.97. The number of nitrogens with zero attached hydrogens (tertiary/aromatic N) is 5. The van der Waals surface area contributed by atoms with Crippen LogP contribution in [0.5, 0.6) is 0 Å². The highest BCUT2D eigenvalue weighted by atomic mass is 32.1. The number of aromatic nitrogens is 2. The number of hydrazone groups is 1. The molecule has 8 nitrogen and oxygen atoms in total. The van der Waals surface area contributed by atoms with Crippen LogP contribution in [0.15, 0.2) is 26.7 Å². The van der Waals surface area contributed by atoms with Gasteiger partial charge in [-0.3, -0.25) is 9.80 Å². The molecule has 2 rings (SSSR count). The molecule has 1 amide bonds. The van der Waals surface area contributed by atoms with Crippen molar-refractivity contribution in [1.82, 2.24) is 20.5 Å². The second kappa shape index (κ2) is 8.95. The first-order valence-corrected chi connectivity index (χ1v) is 8.96. The molecule has 0 radical (unpaired) electrons. The van der Waals surface area contributed by atoms with Gasteiger partial charge < -0.3 is 9.84 Å². The predicted molar refractivity (Wildman–Crippen MR) is 98.9 cm³/mol. The van der Waals surface area contributed by atoms with E-state index < -0.39 is 18.0 Å². The Kier molecular flexibility index (Phi) is 6.89. The Morgan fingerprint density at radius 2 is 2.14 bits per heavy atom. The third-order valence-electron chi connectivity index (χ3n) is 3.22. The number of thiophene rings is 1. The van der Waals surface area contributed by atoms with Crippen molar-refractivity contribution in [2.24, 2.45) is 16.0 Å². The van der Waals surface area contributed by atoms with E-state index in [-0.39, 0.29) is 17.6 Å². The molecule has 0 aromatic carbocycles. The van der Waals surface area contributed by atoms with Crippen molar-refractivity contribution >= 4 is 29.8 Å². The molecule has 28 heavy (non-hydrogen) atoms. The van der Waals surface area contributed by atoms with Crippen LogP contribution in [0.2, 0.25) is 0 Å². The summed E-state index contributed by atoms with van der Waals surface area (Å²) in [6.07, 6.45) is -4.69. The molecule has 0 saturated heterocycles. The van der Waals surface area contributed by atoms with Crippen LogP contribution in [-0.4, -0.2) is 47.2 Å². The molecule has 152 valence electrons. The van der Waals surface area contributed by atoms with E-state index in [2.05, 4.69) is 36.8 Å². The molecule has 0 bridgehead atoms. The average molecular weight is 416 g/mol. The summed E-state index contributed by atoms with van der Waals surface area (Å²) in [6.45, 7) is 8.05. The van der Waals surface area contributed by atoms with Crippen molar-refractivity contribution < 1.29 is 22.5 Å². The molecule has 2 aromatic heterocycles. The molecule has 1 N–H and O–H groups in total. The minimum Gasteiger partial charge on any atom is -0.349 e. The Labute approximate surface area is 163 Å². The third kappa shape index (κ3) is 5.87. The molecule has 2 heterocycles. The molecule has 0 spiro atoms. The second-order valence-electron chi connectivity index (χ2n) is 6.19. The summed E-state index contributed by atoms with van der Waals surface area (Å²) in [5.74, 6) is -1.77. The van der Waals surface area contributed by atoms with Gasteiger partial charge in [-0.25, -0.2) is 4.99 Å². The van der Waals surface area contributed by atoms with Gasteiger partial charge in [0.2, 0.25) is 11.7 Å². The van der Waals surface area contributed by atoms with Crippen LogP contribution >= 0.6 is 11.3 Å². The minimum atomic E-state index is -4.69. The summed E-state index contributed by atoms with van der Waals surface area (Å²) >= 11 is 1.19. The number of carbonyl (C=O) groups is 1. The maximum atomic E-state index is 12.6. The zero-order chi connectivity index (χ0) is 20.9. The van der Waals surface area contributed by atoms with Gasteiger partial charge in [-0.1, -0.05) is 19.0 Å². The molecule has 0 fully saturated rings. The molecule has 12 heteroatoms. The number of aliphatic imine (C=N–C) groups is 1. The Morgan fingerprint density at radius 1 is 1.43 bits per heavy atom. The first-order chi connectivity index (χ1) is 13.1. The van der Waals surface area contributed by atoms with Crippen molar-refractivity contribution in [3.8, 4) is 10.7 Å². The molecule has 0 aliphatic rings. The van der Waals surface area contributed by atoms with E-state index >= 15 is 0 Å². The van der Waals surface area contributed by atoms with Crippen molar-refractivity contribution in [2.45, 2.75) is 26.6 Å². The fraction of sp³-hybridized carbons (Fsp3) is 0.438. The average Bonchev–Trinajstić information content (AvgIpc) is 3.26. The summed E-state index contributed by atoms with van der Waals surface area (Å²) in [6, 6.07) is 3.29. The van der Waals surface area contributed by atoms with Gasteiger partial charge in [-0.15, -0.1) is 11.3 Å². The zero-order valence-electron chi connectivity index (χ0n) is 15.4. The highest BCUT2D eigenvalue weighted by Gasteiger charge is 2.38. The van der Waals surface area contributed by atoms with Crippen LogP contribution in [0.25, 0.3) is 10.7 Å². The first kappa shape index (κ1) is 21.5. The molecule has 0 aliphatic carbocycles. The summed E-state index contributed by atoms with van der Waals surface area (Å²) in [5.41, 5.74) is 0. The number of hydrogen-bond donors (Lipinski definition) is 1. The van der Waals surface area contributed by atoms with E-state index in [1.54, 1.807) is 19.2 Å². The van der Waals surface area contributed by atoms with E-state index in [9.17, 15) is 18.0 Å². The lowest BCUT2D eigenvalue weighted by atomic mass is 10.2. The highest BCUT2D eigenvalue weighted by molar-refractivity contribution is 7.15. The number of hydrogen-bond acceptors (Lipinski definition) is 7. The number of alkyl halides is 3. The largest absolute Gasteiger partial charge is 0.471 e. The normalized spacial score (nSPS) is 12.3. The van der Waals surface area contributed by atoms with Crippen LogP contribution in [-0.2, 0) is 17.5 Å². The van der Waals surface area contributed by atoms with Crippen LogP contribution in [0, 0.1) is 5.92 Å². The number of amidine groups is 1. The Bertz CT molecular complexity index is 859. The first-order valence-electron chi connectivity index (χ1n) is 8.14. The van der Waals surface area contributed by atoms with E-state index in [0.717, 1.165) is 4.88 Å². The summed E-state index contributed by atoms with van der Waals surface area (Å²) in [4.78, 5) is 20.2. The van der Waals surface area contributed by atoms with E-state index in [4.69, 9.17) is 0 Å². The Morgan fingerprint density at radius 3 is 2.71 bits per heavy atom. The standard InChI is InChI=1S/C16H19F3N6O2S/c1-9(2)7-21-14(26)13(20-3)23-25(4)8-10-5-6-11(28-10)12-22-15(27-24-12)16(17,18)19/h5-6,9H,3,7-8H2,1-2,4H3,(H,21,26)/b23-13-. The van der Waals surface area contributed by atoms with E-state index in [1.165, 1.54) is 16.3 Å². The number of nitrogens with one attached hydrogen (secondary N) is 1. The quantitative estimate of drug-likeness (QED) is 0.444. The fourth-order valence-corrected chi connectivity index (χ4v) is 2.95. The maximum Gasteiger partial charge on any atom is 0.471 e. The number of halogens is 3. The summed E-state index contributed by atoms with van der Waals surface area (Å²) in [7, 11) is 1.64. The Hall–Kier alpha value is -2.76. The van der Waals surface area contributed by atoms with Crippen LogP contribution in [0.3, 0.4) is 0 Å².